The molecule has 74 valence electrons. The maximum Gasteiger partial charge on any atom is 0.0969 e. The van der Waals surface area contributed by atoms with Crippen LogP contribution in [0.15, 0.2) is 6.20 Å². The second kappa shape index (κ2) is 4.90. The summed E-state index contributed by atoms with van der Waals surface area (Å²) < 4.78 is 6.32. The number of hydrogen-bond acceptors (Lipinski definition) is 5. The molecule has 1 aromatic rings. The summed E-state index contributed by atoms with van der Waals surface area (Å²) in [5, 5.41) is 16.9. The first kappa shape index (κ1) is 10.1. The van der Waals surface area contributed by atoms with Crippen LogP contribution in [0.3, 0.4) is 0 Å². The lowest BCUT2D eigenvalue weighted by Crippen LogP contribution is -2.21. The van der Waals surface area contributed by atoms with Gasteiger partial charge in [0.15, 0.2) is 0 Å². The van der Waals surface area contributed by atoms with Crippen LogP contribution in [-0.2, 0) is 17.8 Å². The number of methoxy groups -OCH3 is 1. The number of aliphatic hydroxyl groups is 1. The van der Waals surface area contributed by atoms with E-state index in [4.69, 9.17) is 10.5 Å². The van der Waals surface area contributed by atoms with E-state index < -0.39 is 6.10 Å². The van der Waals surface area contributed by atoms with Crippen molar-refractivity contribution >= 4 is 0 Å². The van der Waals surface area contributed by atoms with Crippen molar-refractivity contribution in [1.29, 1.82) is 0 Å². The molecule has 0 bridgehead atoms. The Hall–Kier alpha value is -0.980. The Labute approximate surface area is 76.3 Å². The fourth-order valence-corrected chi connectivity index (χ4v) is 0.982. The van der Waals surface area contributed by atoms with Gasteiger partial charge in [-0.2, -0.15) is 0 Å². The Balaban J connectivity index is 2.44. The summed E-state index contributed by atoms with van der Waals surface area (Å²) in [5.74, 6) is 0. The van der Waals surface area contributed by atoms with Gasteiger partial charge >= 0.3 is 0 Å². The van der Waals surface area contributed by atoms with Gasteiger partial charge in [-0.05, 0) is 0 Å². The zero-order valence-corrected chi connectivity index (χ0v) is 7.55. The molecular formula is C7H14N4O2. The van der Waals surface area contributed by atoms with Crippen molar-refractivity contribution in [3.05, 3.63) is 11.9 Å². The molecule has 1 unspecified atom stereocenters. The van der Waals surface area contributed by atoms with Crippen LogP contribution < -0.4 is 5.73 Å². The SMILES string of the molecule is COCC(O)Cn1cc(CN)nn1. The van der Waals surface area contributed by atoms with Crippen LogP contribution in [-0.4, -0.2) is 39.9 Å². The lowest BCUT2D eigenvalue weighted by molar-refractivity contribution is 0.0510. The van der Waals surface area contributed by atoms with Crippen LogP contribution in [0.1, 0.15) is 5.69 Å². The van der Waals surface area contributed by atoms with Gasteiger partial charge in [-0.3, -0.25) is 0 Å². The highest BCUT2D eigenvalue weighted by molar-refractivity contribution is 4.90. The van der Waals surface area contributed by atoms with Crippen LogP contribution >= 0.6 is 0 Å². The van der Waals surface area contributed by atoms with Crippen molar-refractivity contribution in [2.45, 2.75) is 19.2 Å². The highest BCUT2D eigenvalue weighted by Gasteiger charge is 2.05. The van der Waals surface area contributed by atoms with Crippen LogP contribution in [0.25, 0.3) is 0 Å². The van der Waals surface area contributed by atoms with E-state index in [1.807, 2.05) is 0 Å². The average molecular weight is 186 g/mol. The number of nitrogens with zero attached hydrogens (tertiary/aromatic N) is 3. The molecule has 0 amide bonds. The first-order valence-corrected chi connectivity index (χ1v) is 4.02. The van der Waals surface area contributed by atoms with Crippen molar-refractivity contribution in [2.75, 3.05) is 13.7 Å². The lowest BCUT2D eigenvalue weighted by atomic mass is 10.4. The van der Waals surface area contributed by atoms with E-state index in [9.17, 15) is 5.11 Å². The van der Waals surface area contributed by atoms with Crippen LogP contribution in [0.4, 0.5) is 0 Å². The summed E-state index contributed by atoms with van der Waals surface area (Å²) in [5.41, 5.74) is 6.06. The minimum Gasteiger partial charge on any atom is -0.389 e. The molecule has 1 heterocycles. The molecule has 0 aliphatic rings. The minimum atomic E-state index is -0.558. The quantitative estimate of drug-likeness (QED) is 0.599. The highest BCUT2D eigenvalue weighted by Crippen LogP contribution is 1.94. The van der Waals surface area contributed by atoms with E-state index in [-0.39, 0.29) is 6.61 Å². The van der Waals surface area contributed by atoms with Gasteiger partial charge in [-0.25, -0.2) is 4.68 Å². The van der Waals surface area contributed by atoms with Gasteiger partial charge in [0.05, 0.1) is 24.9 Å². The Morgan fingerprint density at radius 3 is 3.08 bits per heavy atom. The summed E-state index contributed by atoms with van der Waals surface area (Å²) in [6, 6.07) is 0. The smallest absolute Gasteiger partial charge is 0.0969 e. The molecule has 0 aliphatic heterocycles. The van der Waals surface area contributed by atoms with Crippen LogP contribution in [0, 0.1) is 0 Å². The molecule has 0 spiro atoms. The topological polar surface area (TPSA) is 86.2 Å². The first-order valence-electron chi connectivity index (χ1n) is 4.02. The summed E-state index contributed by atoms with van der Waals surface area (Å²) in [7, 11) is 1.54. The van der Waals surface area contributed by atoms with E-state index in [1.54, 1.807) is 10.9 Å². The fraction of sp³-hybridized carbons (Fsp3) is 0.714. The number of aromatic nitrogens is 3. The summed E-state index contributed by atoms with van der Waals surface area (Å²) in [6.07, 6.45) is 1.15. The molecule has 0 aromatic carbocycles. The van der Waals surface area contributed by atoms with E-state index in [1.165, 1.54) is 7.11 Å². The largest absolute Gasteiger partial charge is 0.389 e. The Kier molecular flexibility index (Phi) is 3.81. The Morgan fingerprint density at radius 1 is 1.77 bits per heavy atom. The second-order valence-electron chi connectivity index (χ2n) is 2.75. The van der Waals surface area contributed by atoms with E-state index in [2.05, 4.69) is 10.3 Å². The third-order valence-corrected chi connectivity index (χ3v) is 1.55. The van der Waals surface area contributed by atoms with Gasteiger partial charge in [0.25, 0.3) is 0 Å². The van der Waals surface area contributed by atoms with E-state index in [0.717, 1.165) is 0 Å². The third-order valence-electron chi connectivity index (χ3n) is 1.55. The second-order valence-corrected chi connectivity index (χ2v) is 2.75. The third kappa shape index (κ3) is 3.10. The van der Waals surface area contributed by atoms with Gasteiger partial charge in [0.1, 0.15) is 0 Å². The van der Waals surface area contributed by atoms with Crippen LogP contribution in [0.5, 0.6) is 0 Å². The van der Waals surface area contributed by atoms with Crippen LogP contribution in [0.2, 0.25) is 0 Å². The average Bonchev–Trinajstić information content (AvgIpc) is 2.52. The zero-order valence-electron chi connectivity index (χ0n) is 7.55. The maximum atomic E-state index is 9.34. The molecule has 1 atom stereocenters. The molecule has 0 aliphatic carbocycles. The van der Waals surface area contributed by atoms with Gasteiger partial charge in [-0.15, -0.1) is 5.10 Å². The predicted molar refractivity (Wildman–Crippen MR) is 45.8 cm³/mol. The first-order chi connectivity index (χ1) is 6.26. The van der Waals surface area contributed by atoms with E-state index >= 15 is 0 Å². The molecule has 1 rings (SSSR count). The Morgan fingerprint density at radius 2 is 2.54 bits per heavy atom. The molecule has 0 saturated carbocycles. The number of nitrogens with two attached hydrogens (primary N) is 1. The highest BCUT2D eigenvalue weighted by atomic mass is 16.5. The van der Waals surface area contributed by atoms with Crippen molar-refractivity contribution in [3.63, 3.8) is 0 Å². The van der Waals surface area contributed by atoms with Crippen molar-refractivity contribution < 1.29 is 9.84 Å². The van der Waals surface area contributed by atoms with Crippen molar-refractivity contribution in [1.82, 2.24) is 15.0 Å². The molecule has 1 aromatic heterocycles. The van der Waals surface area contributed by atoms with Gasteiger partial charge in [-0.1, -0.05) is 5.21 Å². The molecule has 0 saturated heterocycles. The monoisotopic (exact) mass is 186 g/mol. The van der Waals surface area contributed by atoms with Gasteiger partial charge in [0.2, 0.25) is 0 Å². The number of rotatable bonds is 5. The fourth-order valence-electron chi connectivity index (χ4n) is 0.982. The summed E-state index contributed by atoms with van der Waals surface area (Å²) in [6.45, 7) is 1.03. The number of ether oxygens (including phenoxy) is 1. The minimum absolute atomic E-state index is 0.290. The lowest BCUT2D eigenvalue weighted by Gasteiger charge is -2.07. The molecule has 0 radical (unpaired) electrons. The molecule has 6 heteroatoms. The van der Waals surface area contributed by atoms with E-state index in [0.29, 0.717) is 18.8 Å². The molecule has 0 fully saturated rings. The molecule has 3 N–H and O–H groups in total. The summed E-state index contributed by atoms with van der Waals surface area (Å²) in [4.78, 5) is 0. The predicted octanol–water partition coefficient (Wildman–Crippen LogP) is -1.26. The molecular weight excluding hydrogens is 172 g/mol. The number of hydrogen-bond donors (Lipinski definition) is 2. The molecule has 6 nitrogen and oxygen atoms in total. The molecule has 13 heavy (non-hydrogen) atoms. The normalized spacial score (nSPS) is 13.2. The Bertz CT molecular complexity index is 250. The number of aliphatic hydroxyl groups excluding tert-OH is 1. The van der Waals surface area contributed by atoms with Gasteiger partial charge < -0.3 is 15.6 Å². The summed E-state index contributed by atoms with van der Waals surface area (Å²) >= 11 is 0. The maximum absolute atomic E-state index is 9.34. The standard InChI is InChI=1S/C7H14N4O2/c1-13-5-7(12)4-11-3-6(2-8)9-10-11/h3,7,12H,2,4-5,8H2,1H3. The zero-order chi connectivity index (χ0) is 9.68. The van der Waals surface area contributed by atoms with Crippen molar-refractivity contribution in [2.24, 2.45) is 5.73 Å². The van der Waals surface area contributed by atoms with Gasteiger partial charge in [0, 0.05) is 19.9 Å². The van der Waals surface area contributed by atoms with Crippen molar-refractivity contribution in [3.8, 4) is 0 Å².